The van der Waals surface area contributed by atoms with Gasteiger partial charge in [0.25, 0.3) is 0 Å². The SMILES string of the molecule is Cc1ccc(N=Cc2cc(Cl)c(OS(=O)(=O)c3ccc(Cl)cc3)c(Cl)c2)c(C)c1. The molecule has 150 valence electrons. The van der Waals surface area contributed by atoms with Crippen LogP contribution in [-0.4, -0.2) is 14.6 Å². The first-order valence-corrected chi connectivity index (χ1v) is 11.0. The lowest BCUT2D eigenvalue weighted by Crippen LogP contribution is -2.10. The number of aliphatic imine (C=N–C) groups is 1. The monoisotopic (exact) mass is 467 g/mol. The largest absolute Gasteiger partial charge is 0.376 e. The number of aryl methyl sites for hydroxylation is 2. The summed E-state index contributed by atoms with van der Waals surface area (Å²) in [6, 6.07) is 14.6. The standard InChI is InChI=1S/C21H16Cl3NO3S/c1-13-3-8-20(14(2)9-13)25-12-15-10-18(23)21(19(24)11-15)28-29(26,27)17-6-4-16(22)5-7-17/h3-12H,1-2H3. The van der Waals surface area contributed by atoms with Crippen molar-refractivity contribution in [2.24, 2.45) is 4.99 Å². The van der Waals surface area contributed by atoms with Crippen molar-refractivity contribution in [1.82, 2.24) is 0 Å². The van der Waals surface area contributed by atoms with Crippen LogP contribution in [0.1, 0.15) is 16.7 Å². The van der Waals surface area contributed by atoms with Crippen LogP contribution in [0.4, 0.5) is 5.69 Å². The Bertz CT molecular complexity index is 1170. The maximum absolute atomic E-state index is 12.5. The molecule has 0 aliphatic rings. The van der Waals surface area contributed by atoms with Crippen molar-refractivity contribution in [3.8, 4) is 5.75 Å². The number of rotatable bonds is 5. The second-order valence-corrected chi connectivity index (χ2v) is 9.15. The van der Waals surface area contributed by atoms with Gasteiger partial charge in [0.2, 0.25) is 0 Å². The minimum atomic E-state index is -4.11. The molecule has 0 spiro atoms. The Labute approximate surface area is 184 Å². The number of nitrogens with zero attached hydrogens (tertiary/aromatic N) is 1. The molecular weight excluding hydrogens is 453 g/mol. The number of hydrogen-bond acceptors (Lipinski definition) is 4. The second kappa shape index (κ2) is 8.76. The van der Waals surface area contributed by atoms with E-state index in [-0.39, 0.29) is 20.7 Å². The zero-order valence-electron chi connectivity index (χ0n) is 15.5. The van der Waals surface area contributed by atoms with Crippen LogP contribution in [0.2, 0.25) is 15.1 Å². The fourth-order valence-electron chi connectivity index (χ4n) is 2.59. The summed E-state index contributed by atoms with van der Waals surface area (Å²) in [5.74, 6) is -0.146. The van der Waals surface area contributed by atoms with Crippen LogP contribution >= 0.6 is 34.8 Å². The first-order valence-electron chi connectivity index (χ1n) is 8.46. The van der Waals surface area contributed by atoms with E-state index in [1.165, 1.54) is 36.4 Å². The Morgan fingerprint density at radius 3 is 2.10 bits per heavy atom. The van der Waals surface area contributed by atoms with Crippen molar-refractivity contribution in [3.63, 3.8) is 0 Å². The predicted octanol–water partition coefficient (Wildman–Crippen LogP) is 6.78. The molecule has 4 nitrogen and oxygen atoms in total. The fraction of sp³-hybridized carbons (Fsp3) is 0.0952. The van der Waals surface area contributed by atoms with E-state index in [1.54, 1.807) is 6.21 Å². The molecular formula is C21H16Cl3NO3S. The minimum Gasteiger partial charge on any atom is -0.376 e. The van der Waals surface area contributed by atoms with Gasteiger partial charge in [0, 0.05) is 11.2 Å². The number of halogens is 3. The van der Waals surface area contributed by atoms with Crippen molar-refractivity contribution in [2.45, 2.75) is 18.7 Å². The Balaban J connectivity index is 1.87. The molecule has 0 amide bonds. The maximum Gasteiger partial charge on any atom is 0.339 e. The Morgan fingerprint density at radius 1 is 0.897 bits per heavy atom. The molecule has 3 rings (SSSR count). The minimum absolute atomic E-state index is 0.0529. The Morgan fingerprint density at radius 2 is 1.52 bits per heavy atom. The second-order valence-electron chi connectivity index (χ2n) is 6.35. The van der Waals surface area contributed by atoms with Gasteiger partial charge >= 0.3 is 10.1 Å². The molecule has 0 fully saturated rings. The van der Waals surface area contributed by atoms with Gasteiger partial charge in [0.05, 0.1) is 15.7 Å². The Hall–Kier alpha value is -2.05. The van der Waals surface area contributed by atoms with Crippen molar-refractivity contribution < 1.29 is 12.6 Å². The predicted molar refractivity (Wildman–Crippen MR) is 119 cm³/mol. The molecule has 3 aromatic rings. The summed E-state index contributed by atoms with van der Waals surface area (Å²) in [5, 5.41) is 0.515. The molecule has 0 aliphatic carbocycles. The highest BCUT2D eigenvalue weighted by Crippen LogP contribution is 2.36. The quantitative estimate of drug-likeness (QED) is 0.306. The fourth-order valence-corrected chi connectivity index (χ4v) is 4.35. The summed E-state index contributed by atoms with van der Waals surface area (Å²) in [6.07, 6.45) is 1.60. The van der Waals surface area contributed by atoms with Gasteiger partial charge in [-0.25, -0.2) is 0 Å². The number of hydrogen-bond donors (Lipinski definition) is 0. The third-order valence-corrected chi connectivity index (χ3v) is 6.07. The molecule has 3 aromatic carbocycles. The van der Waals surface area contributed by atoms with Crippen molar-refractivity contribution >= 4 is 56.8 Å². The molecule has 0 aliphatic heterocycles. The molecule has 8 heteroatoms. The van der Waals surface area contributed by atoms with E-state index < -0.39 is 10.1 Å². The van der Waals surface area contributed by atoms with Gasteiger partial charge in [-0.3, -0.25) is 4.99 Å². The van der Waals surface area contributed by atoms with E-state index in [9.17, 15) is 8.42 Å². The van der Waals surface area contributed by atoms with Crippen LogP contribution in [0.25, 0.3) is 0 Å². The molecule has 0 aromatic heterocycles. The first-order chi connectivity index (χ1) is 13.7. The topological polar surface area (TPSA) is 55.7 Å². The summed E-state index contributed by atoms with van der Waals surface area (Å²) in [4.78, 5) is 4.38. The highest BCUT2D eigenvalue weighted by Gasteiger charge is 2.21. The lowest BCUT2D eigenvalue weighted by atomic mass is 10.1. The average molecular weight is 469 g/mol. The molecule has 0 N–H and O–H groups in total. The van der Waals surface area contributed by atoms with Crippen molar-refractivity contribution in [2.75, 3.05) is 0 Å². The van der Waals surface area contributed by atoms with Crippen LogP contribution in [-0.2, 0) is 10.1 Å². The Kier molecular flexibility index (Phi) is 6.54. The van der Waals surface area contributed by atoms with Crippen LogP contribution in [0.15, 0.2) is 64.5 Å². The van der Waals surface area contributed by atoms with E-state index in [2.05, 4.69) is 4.99 Å². The van der Waals surface area contributed by atoms with Gasteiger partial charge in [-0.2, -0.15) is 8.42 Å². The average Bonchev–Trinajstić information content (AvgIpc) is 2.64. The van der Waals surface area contributed by atoms with Crippen LogP contribution in [0, 0.1) is 13.8 Å². The third-order valence-electron chi connectivity index (χ3n) is 4.02. The van der Waals surface area contributed by atoms with Gasteiger partial charge in [-0.05, 0) is 67.4 Å². The zero-order valence-corrected chi connectivity index (χ0v) is 18.6. The normalized spacial score (nSPS) is 11.8. The van der Waals surface area contributed by atoms with Gasteiger partial charge in [0.15, 0.2) is 5.75 Å². The molecule has 0 saturated heterocycles. The lowest BCUT2D eigenvalue weighted by molar-refractivity contribution is 0.486. The van der Waals surface area contributed by atoms with Gasteiger partial charge in [0.1, 0.15) is 4.90 Å². The first kappa shape index (κ1) is 21.7. The molecule has 0 radical (unpaired) electrons. The summed E-state index contributed by atoms with van der Waals surface area (Å²) < 4.78 is 30.1. The van der Waals surface area contributed by atoms with E-state index in [0.29, 0.717) is 10.6 Å². The van der Waals surface area contributed by atoms with Gasteiger partial charge in [-0.15, -0.1) is 0 Å². The lowest BCUT2D eigenvalue weighted by Gasteiger charge is -2.11. The third kappa shape index (κ3) is 5.31. The van der Waals surface area contributed by atoms with Crippen LogP contribution in [0.3, 0.4) is 0 Å². The molecule has 0 heterocycles. The summed E-state index contributed by atoms with van der Waals surface area (Å²) in [6.45, 7) is 3.98. The van der Waals surface area contributed by atoms with Gasteiger partial charge in [-0.1, -0.05) is 52.5 Å². The van der Waals surface area contributed by atoms with Crippen LogP contribution < -0.4 is 4.18 Å². The molecule has 0 atom stereocenters. The van der Waals surface area contributed by atoms with Gasteiger partial charge < -0.3 is 4.18 Å². The van der Waals surface area contributed by atoms with Crippen molar-refractivity contribution in [1.29, 1.82) is 0 Å². The van der Waals surface area contributed by atoms with Crippen molar-refractivity contribution in [3.05, 3.63) is 86.4 Å². The molecule has 29 heavy (non-hydrogen) atoms. The van der Waals surface area contributed by atoms with E-state index in [1.807, 2.05) is 32.0 Å². The smallest absolute Gasteiger partial charge is 0.339 e. The molecule has 0 saturated carbocycles. The zero-order chi connectivity index (χ0) is 21.2. The number of benzene rings is 3. The highest BCUT2D eigenvalue weighted by molar-refractivity contribution is 7.87. The summed E-state index contributed by atoms with van der Waals surface area (Å²) >= 11 is 18.3. The summed E-state index contributed by atoms with van der Waals surface area (Å²) in [7, 11) is -4.11. The molecule has 0 unspecified atom stereocenters. The highest BCUT2D eigenvalue weighted by atomic mass is 35.5. The van der Waals surface area contributed by atoms with E-state index >= 15 is 0 Å². The summed E-state index contributed by atoms with van der Waals surface area (Å²) in [5.41, 5.74) is 3.60. The van der Waals surface area contributed by atoms with E-state index in [0.717, 1.165) is 16.8 Å². The maximum atomic E-state index is 12.5. The van der Waals surface area contributed by atoms with E-state index in [4.69, 9.17) is 39.0 Å². The van der Waals surface area contributed by atoms with Crippen LogP contribution in [0.5, 0.6) is 5.75 Å². The molecule has 0 bridgehead atoms.